The van der Waals surface area contributed by atoms with E-state index in [0.717, 1.165) is 25.0 Å². The lowest BCUT2D eigenvalue weighted by Crippen LogP contribution is -2.50. The second kappa shape index (κ2) is 12.5. The molecule has 42 heavy (non-hydrogen) atoms. The second-order valence-electron chi connectivity index (χ2n) is 12.1. The Morgan fingerprint density at radius 3 is 2.62 bits per heavy atom. The molecule has 1 aliphatic heterocycles. The number of likely N-dealkylation sites (tertiary alicyclic amines) is 1. The Hall–Kier alpha value is -3.99. The molecule has 1 aliphatic carbocycles. The molecular formula is C31H40N6O5. The minimum atomic E-state index is -0.826. The van der Waals surface area contributed by atoms with Crippen LogP contribution >= 0.6 is 0 Å². The molecule has 2 aliphatic rings. The summed E-state index contributed by atoms with van der Waals surface area (Å²) in [5, 5.41) is 22.1. The Balaban J connectivity index is 1.29. The number of aliphatic hydroxyl groups is 1. The van der Waals surface area contributed by atoms with Crippen molar-refractivity contribution >= 4 is 11.8 Å². The van der Waals surface area contributed by atoms with E-state index >= 15 is 0 Å². The van der Waals surface area contributed by atoms with E-state index in [-0.39, 0.29) is 31.3 Å². The number of rotatable bonds is 11. The fraction of sp³-hybridized carbons (Fsp3) is 0.516. The molecule has 3 heterocycles. The number of amides is 2. The van der Waals surface area contributed by atoms with E-state index in [0.29, 0.717) is 35.5 Å². The van der Waals surface area contributed by atoms with Gasteiger partial charge in [0.15, 0.2) is 11.5 Å². The van der Waals surface area contributed by atoms with E-state index in [1.807, 2.05) is 58.2 Å². The standard InChI is InChI=1S/C31H40N6O5/c1-5-15-41-25-10-6-7-11-26(25)42-29-21(9-8-14-32-29)17-33-28(39)24-16-22(38)18-36(24)30(40)27(31(2,3)4)37-19-23(34-35-37)20-12-13-20/h6-11,14,19-20,22,24,27,38H,5,12-13,15-18H2,1-4H3,(H,33,39)/t22-,24+,27-/m1/s1. The Morgan fingerprint density at radius 2 is 1.90 bits per heavy atom. The van der Waals surface area contributed by atoms with Crippen molar-refractivity contribution in [3.05, 3.63) is 60.0 Å². The van der Waals surface area contributed by atoms with Crippen LogP contribution in [0.1, 0.15) is 76.6 Å². The number of aromatic nitrogens is 4. The predicted molar refractivity (Wildman–Crippen MR) is 155 cm³/mol. The van der Waals surface area contributed by atoms with E-state index in [2.05, 4.69) is 20.6 Å². The SMILES string of the molecule is CCCOc1ccccc1Oc1ncccc1CNC(=O)[C@@H]1C[C@@H](O)CN1C(=O)[C@@H](n1cc(C2CC2)nn1)C(C)(C)C. The van der Waals surface area contributed by atoms with Gasteiger partial charge in [0.05, 0.1) is 18.4 Å². The molecule has 2 N–H and O–H groups in total. The van der Waals surface area contributed by atoms with Crippen LogP contribution in [0.5, 0.6) is 17.4 Å². The molecular weight excluding hydrogens is 536 g/mol. The topological polar surface area (TPSA) is 132 Å². The summed E-state index contributed by atoms with van der Waals surface area (Å²) >= 11 is 0. The first-order valence-corrected chi connectivity index (χ1v) is 14.7. The largest absolute Gasteiger partial charge is 0.490 e. The molecule has 0 radical (unpaired) electrons. The number of β-amino-alcohol motifs (C(OH)–C–C–N with tert-alkyl or cyclic N) is 1. The molecule has 224 valence electrons. The lowest BCUT2D eigenvalue weighted by atomic mass is 9.85. The number of para-hydroxylation sites is 2. The lowest BCUT2D eigenvalue weighted by Gasteiger charge is -2.34. The highest BCUT2D eigenvalue weighted by Crippen LogP contribution is 2.40. The molecule has 11 nitrogen and oxygen atoms in total. The van der Waals surface area contributed by atoms with Crippen LogP contribution < -0.4 is 14.8 Å². The molecule has 2 amide bonds. The summed E-state index contributed by atoms with van der Waals surface area (Å²) < 4.78 is 13.5. The first-order valence-electron chi connectivity index (χ1n) is 14.7. The highest BCUT2D eigenvalue weighted by atomic mass is 16.5. The number of aliphatic hydroxyl groups excluding tert-OH is 1. The highest BCUT2D eigenvalue weighted by Gasteiger charge is 2.45. The van der Waals surface area contributed by atoms with E-state index in [9.17, 15) is 14.7 Å². The van der Waals surface area contributed by atoms with Crippen molar-refractivity contribution in [1.29, 1.82) is 0 Å². The molecule has 5 rings (SSSR count). The third-order valence-corrected chi connectivity index (χ3v) is 7.53. The van der Waals surface area contributed by atoms with Gasteiger partial charge in [-0.05, 0) is 42.9 Å². The van der Waals surface area contributed by atoms with Crippen molar-refractivity contribution in [3.63, 3.8) is 0 Å². The number of nitrogens with zero attached hydrogens (tertiary/aromatic N) is 5. The number of benzene rings is 1. The van der Waals surface area contributed by atoms with Gasteiger partial charge in [0.2, 0.25) is 17.7 Å². The van der Waals surface area contributed by atoms with Gasteiger partial charge in [-0.25, -0.2) is 9.67 Å². The Bertz CT molecular complexity index is 1400. The summed E-state index contributed by atoms with van der Waals surface area (Å²) in [4.78, 5) is 33.4. The van der Waals surface area contributed by atoms with Gasteiger partial charge in [-0.2, -0.15) is 0 Å². The first-order chi connectivity index (χ1) is 20.2. The normalized spacial score (nSPS) is 19.4. The van der Waals surface area contributed by atoms with Crippen LogP contribution in [-0.4, -0.2) is 67.1 Å². The number of pyridine rings is 1. The van der Waals surface area contributed by atoms with Gasteiger partial charge in [-0.1, -0.05) is 51.1 Å². The number of hydrogen-bond acceptors (Lipinski definition) is 8. The van der Waals surface area contributed by atoms with E-state index in [4.69, 9.17) is 9.47 Å². The number of nitrogens with one attached hydrogen (secondary N) is 1. The molecule has 1 saturated heterocycles. The molecule has 3 atom stereocenters. The van der Waals surface area contributed by atoms with Gasteiger partial charge in [0.25, 0.3) is 0 Å². The van der Waals surface area contributed by atoms with Gasteiger partial charge >= 0.3 is 0 Å². The van der Waals surface area contributed by atoms with E-state index in [1.165, 1.54) is 4.90 Å². The van der Waals surface area contributed by atoms with Crippen LogP contribution in [0.4, 0.5) is 0 Å². The van der Waals surface area contributed by atoms with Crippen molar-refractivity contribution in [2.24, 2.45) is 5.41 Å². The highest BCUT2D eigenvalue weighted by molar-refractivity contribution is 5.90. The van der Waals surface area contributed by atoms with Gasteiger partial charge < -0.3 is 24.8 Å². The molecule has 1 aromatic carbocycles. The van der Waals surface area contributed by atoms with Crippen LogP contribution in [0.3, 0.4) is 0 Å². The molecule has 0 spiro atoms. The molecule has 3 aromatic rings. The van der Waals surface area contributed by atoms with Crippen molar-refractivity contribution in [1.82, 2.24) is 30.2 Å². The minimum absolute atomic E-state index is 0.0729. The number of carbonyl (C=O) groups excluding carboxylic acids is 2. The minimum Gasteiger partial charge on any atom is -0.490 e. The maximum absolute atomic E-state index is 14.0. The van der Waals surface area contributed by atoms with Crippen LogP contribution in [0.25, 0.3) is 0 Å². The van der Waals surface area contributed by atoms with Crippen molar-refractivity contribution in [2.45, 2.75) is 84.0 Å². The fourth-order valence-electron chi connectivity index (χ4n) is 5.25. The zero-order valence-electron chi connectivity index (χ0n) is 24.7. The molecule has 2 fully saturated rings. The van der Waals surface area contributed by atoms with Crippen LogP contribution in [0, 0.1) is 5.41 Å². The Kier molecular flexibility index (Phi) is 8.77. The summed E-state index contributed by atoms with van der Waals surface area (Å²) in [7, 11) is 0. The maximum Gasteiger partial charge on any atom is 0.248 e. The van der Waals surface area contributed by atoms with Gasteiger partial charge in [0, 0.05) is 43.4 Å². The van der Waals surface area contributed by atoms with Gasteiger partial charge in [-0.3, -0.25) is 9.59 Å². The molecule has 1 saturated carbocycles. The maximum atomic E-state index is 14.0. The van der Waals surface area contributed by atoms with Crippen LogP contribution in [0.15, 0.2) is 48.8 Å². The summed E-state index contributed by atoms with van der Waals surface area (Å²) in [6.07, 6.45) is 5.84. The lowest BCUT2D eigenvalue weighted by molar-refractivity contribution is -0.144. The van der Waals surface area contributed by atoms with Gasteiger partial charge in [0.1, 0.15) is 12.1 Å². The fourth-order valence-corrected chi connectivity index (χ4v) is 5.25. The third kappa shape index (κ3) is 6.73. The predicted octanol–water partition coefficient (Wildman–Crippen LogP) is 4.00. The van der Waals surface area contributed by atoms with Crippen LogP contribution in [0.2, 0.25) is 0 Å². The molecule has 0 unspecified atom stereocenters. The number of ether oxygens (including phenoxy) is 2. The number of carbonyl (C=O) groups is 2. The van der Waals surface area contributed by atoms with E-state index in [1.54, 1.807) is 23.0 Å². The summed E-state index contributed by atoms with van der Waals surface area (Å²) in [5.41, 5.74) is 1.05. The molecule has 2 aromatic heterocycles. The average Bonchev–Trinajstić information content (AvgIpc) is 3.57. The van der Waals surface area contributed by atoms with Gasteiger partial charge in [-0.15, -0.1) is 5.10 Å². The Labute approximate surface area is 246 Å². The summed E-state index contributed by atoms with van der Waals surface area (Å²) in [5.74, 6) is 1.26. The average molecular weight is 577 g/mol. The van der Waals surface area contributed by atoms with Crippen molar-refractivity contribution < 1.29 is 24.2 Å². The summed E-state index contributed by atoms with van der Waals surface area (Å²) in [6, 6.07) is 9.46. The molecule has 0 bridgehead atoms. The number of hydrogen-bond donors (Lipinski definition) is 2. The third-order valence-electron chi connectivity index (χ3n) is 7.53. The summed E-state index contributed by atoms with van der Waals surface area (Å²) in [6.45, 7) is 8.68. The van der Waals surface area contributed by atoms with Crippen LogP contribution in [-0.2, 0) is 16.1 Å². The zero-order chi connectivity index (χ0) is 29.9. The van der Waals surface area contributed by atoms with Crippen molar-refractivity contribution in [2.75, 3.05) is 13.2 Å². The smallest absolute Gasteiger partial charge is 0.248 e. The Morgan fingerprint density at radius 1 is 1.14 bits per heavy atom. The molecule has 11 heteroatoms. The second-order valence-corrected chi connectivity index (χ2v) is 12.1. The quantitative estimate of drug-likeness (QED) is 0.350. The zero-order valence-corrected chi connectivity index (χ0v) is 24.7. The first kappa shape index (κ1) is 29.5. The van der Waals surface area contributed by atoms with Crippen molar-refractivity contribution in [3.8, 4) is 17.4 Å². The van der Waals surface area contributed by atoms with E-state index < -0.39 is 23.6 Å². The monoisotopic (exact) mass is 576 g/mol.